The van der Waals surface area contributed by atoms with Crippen LogP contribution in [-0.2, 0) is 6.42 Å². The van der Waals surface area contributed by atoms with Gasteiger partial charge in [-0.05, 0) is 61.6 Å². The molecular formula is C19H29N. The highest BCUT2D eigenvalue weighted by molar-refractivity contribution is 5.36. The molecule has 0 radical (unpaired) electrons. The largest absolute Gasteiger partial charge is 0.316 e. The molecule has 5 atom stereocenters. The van der Waals surface area contributed by atoms with Crippen molar-refractivity contribution in [2.75, 3.05) is 7.05 Å². The van der Waals surface area contributed by atoms with Gasteiger partial charge in [0.05, 0.1) is 0 Å². The normalized spacial score (nSPS) is 34.8. The maximum absolute atomic E-state index is 3.69. The molecule has 2 aliphatic carbocycles. The lowest BCUT2D eigenvalue weighted by atomic mass is 9.70. The zero-order valence-corrected chi connectivity index (χ0v) is 13.2. The monoisotopic (exact) mass is 271 g/mol. The van der Waals surface area contributed by atoms with E-state index in [-0.39, 0.29) is 0 Å². The summed E-state index contributed by atoms with van der Waals surface area (Å²) in [5.74, 6) is 3.41. The van der Waals surface area contributed by atoms with E-state index >= 15 is 0 Å². The minimum Gasteiger partial charge on any atom is -0.316 e. The van der Waals surface area contributed by atoms with Gasteiger partial charge in [-0.2, -0.15) is 0 Å². The van der Waals surface area contributed by atoms with Gasteiger partial charge < -0.3 is 5.32 Å². The zero-order valence-electron chi connectivity index (χ0n) is 13.2. The maximum atomic E-state index is 3.69. The number of aryl methyl sites for hydroxylation is 1. The minimum atomic E-state index is 0.675. The molecule has 1 fully saturated rings. The molecule has 1 N–H and O–H groups in total. The van der Waals surface area contributed by atoms with Crippen LogP contribution in [0, 0.1) is 17.8 Å². The molecule has 0 bridgehead atoms. The van der Waals surface area contributed by atoms with Crippen LogP contribution in [0.25, 0.3) is 0 Å². The highest BCUT2D eigenvalue weighted by Crippen LogP contribution is 2.43. The molecule has 1 nitrogen and oxygen atoms in total. The van der Waals surface area contributed by atoms with Crippen LogP contribution in [0.3, 0.4) is 0 Å². The molecule has 110 valence electrons. The Morgan fingerprint density at radius 1 is 1.05 bits per heavy atom. The van der Waals surface area contributed by atoms with E-state index in [1.165, 1.54) is 32.1 Å². The van der Waals surface area contributed by atoms with E-state index in [4.69, 9.17) is 0 Å². The number of benzene rings is 1. The second kappa shape index (κ2) is 5.89. The van der Waals surface area contributed by atoms with Crippen LogP contribution in [0.1, 0.15) is 56.6 Å². The van der Waals surface area contributed by atoms with Crippen LogP contribution < -0.4 is 5.32 Å². The van der Waals surface area contributed by atoms with Crippen molar-refractivity contribution in [3.63, 3.8) is 0 Å². The van der Waals surface area contributed by atoms with Gasteiger partial charge in [-0.3, -0.25) is 0 Å². The Morgan fingerprint density at radius 2 is 1.85 bits per heavy atom. The first-order chi connectivity index (χ1) is 9.70. The molecule has 2 aliphatic rings. The number of fused-ring (bicyclic) bond motifs is 1. The van der Waals surface area contributed by atoms with E-state index < -0.39 is 0 Å². The highest BCUT2D eigenvalue weighted by atomic mass is 14.9. The molecule has 0 amide bonds. The number of nitrogens with one attached hydrogen (secondary N) is 1. The fraction of sp³-hybridized carbons (Fsp3) is 0.684. The maximum Gasteiger partial charge on any atom is 0.0161 e. The Bertz CT molecular complexity index is 453. The number of rotatable bonds is 3. The summed E-state index contributed by atoms with van der Waals surface area (Å²) < 4.78 is 0. The molecule has 1 heteroatoms. The smallest absolute Gasteiger partial charge is 0.0161 e. The Morgan fingerprint density at radius 3 is 2.60 bits per heavy atom. The van der Waals surface area contributed by atoms with Crippen molar-refractivity contribution in [1.29, 1.82) is 0 Å². The van der Waals surface area contributed by atoms with E-state index in [1.54, 1.807) is 11.1 Å². The van der Waals surface area contributed by atoms with Crippen molar-refractivity contribution >= 4 is 0 Å². The van der Waals surface area contributed by atoms with Crippen LogP contribution in [0.4, 0.5) is 0 Å². The lowest BCUT2D eigenvalue weighted by molar-refractivity contribution is 0.161. The van der Waals surface area contributed by atoms with E-state index in [0.29, 0.717) is 6.04 Å². The second-order valence-electron chi connectivity index (χ2n) is 7.19. The third-order valence-electron chi connectivity index (χ3n) is 6.09. The minimum absolute atomic E-state index is 0.675. The summed E-state index contributed by atoms with van der Waals surface area (Å²) in [6.45, 7) is 4.88. The summed E-state index contributed by atoms with van der Waals surface area (Å²) in [5.41, 5.74) is 3.22. The van der Waals surface area contributed by atoms with Crippen molar-refractivity contribution < 1.29 is 0 Å². The predicted octanol–water partition coefficient (Wildman–Crippen LogP) is 4.38. The van der Waals surface area contributed by atoms with Gasteiger partial charge in [-0.1, -0.05) is 44.5 Å². The summed E-state index contributed by atoms with van der Waals surface area (Å²) >= 11 is 0. The fourth-order valence-corrected chi connectivity index (χ4v) is 4.64. The Labute approximate surface area is 124 Å². The van der Waals surface area contributed by atoms with Gasteiger partial charge in [0.15, 0.2) is 0 Å². The molecule has 0 aromatic heterocycles. The van der Waals surface area contributed by atoms with Gasteiger partial charge in [-0.25, -0.2) is 0 Å². The fourth-order valence-electron chi connectivity index (χ4n) is 4.64. The van der Waals surface area contributed by atoms with Crippen LogP contribution >= 0.6 is 0 Å². The molecule has 0 spiro atoms. The molecule has 0 saturated heterocycles. The van der Waals surface area contributed by atoms with Gasteiger partial charge in [0.2, 0.25) is 0 Å². The molecular weight excluding hydrogens is 242 g/mol. The van der Waals surface area contributed by atoms with Crippen molar-refractivity contribution in [3.05, 3.63) is 35.4 Å². The van der Waals surface area contributed by atoms with Crippen molar-refractivity contribution in [1.82, 2.24) is 5.32 Å². The van der Waals surface area contributed by atoms with Gasteiger partial charge in [0.1, 0.15) is 0 Å². The van der Waals surface area contributed by atoms with Crippen molar-refractivity contribution in [2.24, 2.45) is 17.8 Å². The predicted molar refractivity (Wildman–Crippen MR) is 86.0 cm³/mol. The topological polar surface area (TPSA) is 12.0 Å². The lowest BCUT2D eigenvalue weighted by Crippen LogP contribution is -2.41. The molecule has 1 saturated carbocycles. The van der Waals surface area contributed by atoms with Crippen LogP contribution in [-0.4, -0.2) is 13.1 Å². The molecule has 3 rings (SSSR count). The van der Waals surface area contributed by atoms with Gasteiger partial charge >= 0.3 is 0 Å². The number of hydrogen-bond donors (Lipinski definition) is 1. The second-order valence-corrected chi connectivity index (χ2v) is 7.19. The molecule has 0 heterocycles. The highest BCUT2D eigenvalue weighted by Gasteiger charge is 2.36. The van der Waals surface area contributed by atoms with E-state index in [2.05, 4.69) is 50.5 Å². The van der Waals surface area contributed by atoms with E-state index in [1.807, 2.05) is 0 Å². The van der Waals surface area contributed by atoms with E-state index in [9.17, 15) is 0 Å². The van der Waals surface area contributed by atoms with E-state index in [0.717, 1.165) is 23.7 Å². The van der Waals surface area contributed by atoms with Crippen LogP contribution in [0.2, 0.25) is 0 Å². The summed E-state index contributed by atoms with van der Waals surface area (Å²) in [4.78, 5) is 0. The molecule has 20 heavy (non-hydrogen) atoms. The number of likely N-dealkylation sites (N-methyl/N-ethyl adjacent to an activating group) is 1. The molecule has 0 aliphatic heterocycles. The molecule has 5 unspecified atom stereocenters. The molecule has 1 aromatic carbocycles. The first-order valence-corrected chi connectivity index (χ1v) is 8.45. The Kier molecular flexibility index (Phi) is 4.16. The third kappa shape index (κ3) is 2.53. The standard InChI is InChI=1S/C19H29N/c1-13-8-9-16(12-14(13)2)19(20-3)18-11-10-15-6-4-5-7-17(15)18/h4-7,13-14,16,18-20H,8-12H2,1-3H3. The lowest BCUT2D eigenvalue weighted by Gasteiger charge is -2.39. The average Bonchev–Trinajstić information content (AvgIpc) is 2.88. The first-order valence-electron chi connectivity index (χ1n) is 8.45. The summed E-state index contributed by atoms with van der Waals surface area (Å²) in [6.07, 6.45) is 6.85. The Hall–Kier alpha value is -0.820. The Balaban J connectivity index is 1.78. The zero-order chi connectivity index (χ0) is 14.1. The van der Waals surface area contributed by atoms with Crippen LogP contribution in [0.15, 0.2) is 24.3 Å². The summed E-state index contributed by atoms with van der Waals surface area (Å²) in [5, 5.41) is 3.69. The molecule has 1 aromatic rings. The first kappa shape index (κ1) is 14.1. The van der Waals surface area contributed by atoms with Gasteiger partial charge in [0, 0.05) is 12.0 Å². The average molecular weight is 271 g/mol. The van der Waals surface area contributed by atoms with Crippen LogP contribution in [0.5, 0.6) is 0 Å². The van der Waals surface area contributed by atoms with Crippen molar-refractivity contribution in [2.45, 2.75) is 57.9 Å². The number of hydrogen-bond acceptors (Lipinski definition) is 1. The van der Waals surface area contributed by atoms with Crippen molar-refractivity contribution in [3.8, 4) is 0 Å². The summed E-state index contributed by atoms with van der Waals surface area (Å²) in [6, 6.07) is 9.78. The SMILES string of the molecule is CNC(C1CCC(C)C(C)C1)C1CCc2ccccc21. The van der Waals surface area contributed by atoms with Gasteiger partial charge in [0.25, 0.3) is 0 Å². The van der Waals surface area contributed by atoms with Gasteiger partial charge in [-0.15, -0.1) is 0 Å². The quantitative estimate of drug-likeness (QED) is 0.860. The summed E-state index contributed by atoms with van der Waals surface area (Å²) in [7, 11) is 2.17. The third-order valence-corrected chi connectivity index (χ3v) is 6.09.